The molecular weight excluding hydrogens is 110 g/mol. The summed E-state index contributed by atoms with van der Waals surface area (Å²) in [6.07, 6.45) is 10.5. The third kappa shape index (κ3) is 7.18. The summed E-state index contributed by atoms with van der Waals surface area (Å²) in [4.78, 5) is 0. The number of rotatable bonds is 4. The smallest absolute Gasteiger partial charge is 0.00425 e. The van der Waals surface area contributed by atoms with Gasteiger partial charge < -0.3 is 5.73 Å². The lowest BCUT2D eigenvalue weighted by atomic mass is 10.3. The van der Waals surface area contributed by atoms with Gasteiger partial charge >= 0.3 is 0 Å². The second-order valence-electron chi connectivity index (χ2n) is 1.63. The van der Waals surface area contributed by atoms with Crippen molar-refractivity contribution in [3.8, 4) is 0 Å². The molecule has 0 spiro atoms. The lowest BCUT2D eigenvalue weighted by molar-refractivity contribution is 1.01. The Morgan fingerprint density at radius 1 is 1.22 bits per heavy atom. The summed E-state index contributed by atoms with van der Waals surface area (Å²) in [6, 6.07) is 0. The number of allylic oxidation sites excluding steroid dienone is 4. The molecule has 0 rings (SSSR count). The minimum atomic E-state index is 0.721. The second-order valence-corrected chi connectivity index (χ2v) is 1.63. The summed E-state index contributed by atoms with van der Waals surface area (Å²) in [5.74, 6) is 0. The van der Waals surface area contributed by atoms with Crippen molar-refractivity contribution in [3.05, 3.63) is 37.0 Å². The van der Waals surface area contributed by atoms with E-state index in [2.05, 4.69) is 6.58 Å². The van der Waals surface area contributed by atoms with Crippen LogP contribution in [0.3, 0.4) is 0 Å². The van der Waals surface area contributed by atoms with Crippen LogP contribution in [0.25, 0.3) is 0 Å². The van der Waals surface area contributed by atoms with E-state index in [0.717, 1.165) is 13.0 Å². The molecule has 0 aliphatic rings. The van der Waals surface area contributed by atoms with Gasteiger partial charge in [-0.1, -0.05) is 37.0 Å². The molecule has 9 heavy (non-hydrogen) atoms. The molecule has 50 valence electrons. The van der Waals surface area contributed by atoms with E-state index in [1.54, 1.807) is 6.08 Å². The molecule has 0 saturated carbocycles. The Kier molecular flexibility index (Phi) is 6.53. The zero-order valence-corrected chi connectivity index (χ0v) is 5.59. The Morgan fingerprint density at radius 2 is 2.00 bits per heavy atom. The Bertz CT molecular complexity index is 112. The molecule has 2 N–H and O–H groups in total. The highest BCUT2D eigenvalue weighted by Gasteiger charge is 1.67. The van der Waals surface area contributed by atoms with Gasteiger partial charge in [0, 0.05) is 0 Å². The third-order valence-corrected chi connectivity index (χ3v) is 0.828. The van der Waals surface area contributed by atoms with Gasteiger partial charge in [0.25, 0.3) is 0 Å². The van der Waals surface area contributed by atoms with E-state index in [9.17, 15) is 0 Å². The van der Waals surface area contributed by atoms with Crippen molar-refractivity contribution in [1.82, 2.24) is 0 Å². The summed E-state index contributed by atoms with van der Waals surface area (Å²) in [5.41, 5.74) is 5.25. The van der Waals surface area contributed by atoms with Crippen LogP contribution < -0.4 is 5.73 Å². The van der Waals surface area contributed by atoms with Gasteiger partial charge in [0.15, 0.2) is 0 Å². The van der Waals surface area contributed by atoms with Crippen molar-refractivity contribution >= 4 is 0 Å². The Morgan fingerprint density at radius 3 is 2.56 bits per heavy atom. The fourth-order valence-corrected chi connectivity index (χ4v) is 0.414. The van der Waals surface area contributed by atoms with E-state index >= 15 is 0 Å². The van der Waals surface area contributed by atoms with Crippen LogP contribution in [0.15, 0.2) is 37.0 Å². The van der Waals surface area contributed by atoms with Crippen molar-refractivity contribution in [2.75, 3.05) is 6.54 Å². The first-order valence-corrected chi connectivity index (χ1v) is 3.06. The lowest BCUT2D eigenvalue weighted by Crippen LogP contribution is -1.94. The van der Waals surface area contributed by atoms with E-state index in [1.807, 2.05) is 24.3 Å². The third-order valence-electron chi connectivity index (χ3n) is 0.828. The summed E-state index contributed by atoms with van der Waals surface area (Å²) >= 11 is 0. The van der Waals surface area contributed by atoms with Crippen LogP contribution in [0, 0.1) is 0 Å². The van der Waals surface area contributed by atoms with Gasteiger partial charge in [0.05, 0.1) is 0 Å². The summed E-state index contributed by atoms with van der Waals surface area (Å²) in [7, 11) is 0. The van der Waals surface area contributed by atoms with Crippen molar-refractivity contribution in [2.45, 2.75) is 6.42 Å². The van der Waals surface area contributed by atoms with Gasteiger partial charge in [-0.3, -0.25) is 0 Å². The normalized spacial score (nSPS) is 11.2. The van der Waals surface area contributed by atoms with E-state index in [1.165, 1.54) is 0 Å². The molecule has 1 heteroatoms. The molecule has 0 atom stereocenters. The van der Waals surface area contributed by atoms with E-state index < -0.39 is 0 Å². The minimum Gasteiger partial charge on any atom is -0.330 e. The number of nitrogens with two attached hydrogens (primary N) is 1. The molecular formula is C8H13N. The predicted octanol–water partition coefficient (Wildman–Crippen LogP) is 1.63. The first kappa shape index (κ1) is 8.18. The lowest BCUT2D eigenvalue weighted by Gasteiger charge is -1.79. The van der Waals surface area contributed by atoms with Gasteiger partial charge in [-0.25, -0.2) is 0 Å². The average molecular weight is 123 g/mol. The van der Waals surface area contributed by atoms with Crippen LogP contribution in [-0.4, -0.2) is 6.54 Å². The minimum absolute atomic E-state index is 0.721. The van der Waals surface area contributed by atoms with E-state index in [-0.39, 0.29) is 0 Å². The van der Waals surface area contributed by atoms with Crippen LogP contribution in [0.2, 0.25) is 0 Å². The molecule has 0 bridgehead atoms. The number of hydrogen-bond acceptors (Lipinski definition) is 1. The van der Waals surface area contributed by atoms with Crippen LogP contribution >= 0.6 is 0 Å². The fraction of sp³-hybridized carbons (Fsp3) is 0.250. The number of hydrogen-bond donors (Lipinski definition) is 1. The molecule has 0 heterocycles. The average Bonchev–Trinajstić information content (AvgIpc) is 1.89. The monoisotopic (exact) mass is 123 g/mol. The quantitative estimate of drug-likeness (QED) is 0.565. The van der Waals surface area contributed by atoms with Gasteiger partial charge in [0.2, 0.25) is 0 Å². The first-order valence-electron chi connectivity index (χ1n) is 3.06. The van der Waals surface area contributed by atoms with Crippen molar-refractivity contribution in [1.29, 1.82) is 0 Å². The Hall–Kier alpha value is -0.820. The highest BCUT2D eigenvalue weighted by molar-refractivity contribution is 5.08. The molecule has 0 aromatic carbocycles. The molecule has 1 nitrogen and oxygen atoms in total. The zero-order valence-electron chi connectivity index (χ0n) is 5.59. The highest BCUT2D eigenvalue weighted by atomic mass is 14.5. The molecule has 0 aliphatic heterocycles. The van der Waals surface area contributed by atoms with Crippen LogP contribution in [-0.2, 0) is 0 Å². The van der Waals surface area contributed by atoms with Crippen LogP contribution in [0.5, 0.6) is 0 Å². The maximum Gasteiger partial charge on any atom is -0.00425 e. The van der Waals surface area contributed by atoms with Gasteiger partial charge in [0.1, 0.15) is 0 Å². The van der Waals surface area contributed by atoms with Gasteiger partial charge in [-0.15, -0.1) is 0 Å². The molecule has 0 unspecified atom stereocenters. The van der Waals surface area contributed by atoms with Crippen molar-refractivity contribution < 1.29 is 0 Å². The summed E-state index contributed by atoms with van der Waals surface area (Å²) in [5, 5.41) is 0. The van der Waals surface area contributed by atoms with Crippen molar-refractivity contribution in [2.24, 2.45) is 5.73 Å². The van der Waals surface area contributed by atoms with E-state index in [0.29, 0.717) is 0 Å². The highest BCUT2D eigenvalue weighted by Crippen LogP contribution is 1.80. The summed E-state index contributed by atoms with van der Waals surface area (Å²) in [6.45, 7) is 4.25. The zero-order chi connectivity index (χ0) is 6.95. The van der Waals surface area contributed by atoms with Gasteiger partial charge in [-0.05, 0) is 13.0 Å². The maximum absolute atomic E-state index is 5.25. The predicted molar refractivity (Wildman–Crippen MR) is 42.1 cm³/mol. The second kappa shape index (κ2) is 7.18. The largest absolute Gasteiger partial charge is 0.330 e. The topological polar surface area (TPSA) is 26.0 Å². The molecule has 0 aromatic rings. The molecule has 0 saturated heterocycles. The van der Waals surface area contributed by atoms with Gasteiger partial charge in [-0.2, -0.15) is 0 Å². The molecule has 0 radical (unpaired) electrons. The molecule has 0 aromatic heterocycles. The van der Waals surface area contributed by atoms with Crippen LogP contribution in [0.1, 0.15) is 6.42 Å². The summed E-state index contributed by atoms with van der Waals surface area (Å²) < 4.78 is 0. The van der Waals surface area contributed by atoms with Crippen LogP contribution in [0.4, 0.5) is 0 Å². The maximum atomic E-state index is 5.25. The first-order chi connectivity index (χ1) is 4.41. The SMILES string of the molecule is C=C/C=C\C=C\CCN. The Labute approximate surface area is 56.6 Å². The fourth-order valence-electron chi connectivity index (χ4n) is 0.414. The Balaban J connectivity index is 3.23. The molecule has 0 fully saturated rings. The standard InChI is InChI=1S/C8H13N/c1-2-3-4-5-6-7-8-9/h2-6H,1,7-9H2/b4-3-,6-5+. The molecule has 0 aliphatic carbocycles. The molecule has 0 amide bonds. The van der Waals surface area contributed by atoms with Crippen molar-refractivity contribution in [3.63, 3.8) is 0 Å². The van der Waals surface area contributed by atoms with E-state index in [4.69, 9.17) is 5.73 Å².